The van der Waals surface area contributed by atoms with Gasteiger partial charge in [-0.3, -0.25) is 4.79 Å². The summed E-state index contributed by atoms with van der Waals surface area (Å²) in [6, 6.07) is 12.0. The van der Waals surface area contributed by atoms with Crippen molar-refractivity contribution in [2.45, 2.75) is 39.7 Å². The van der Waals surface area contributed by atoms with E-state index in [1.54, 1.807) is 20.3 Å². The number of ether oxygens (including phenoxy) is 1. The van der Waals surface area contributed by atoms with Gasteiger partial charge in [-0.2, -0.15) is 0 Å². The molecule has 0 bridgehead atoms. The summed E-state index contributed by atoms with van der Waals surface area (Å²) in [5.74, 6) is 2.65. The number of methoxy groups -OCH3 is 1. The molecule has 0 fully saturated rings. The Labute approximate surface area is 144 Å². The molecule has 0 saturated carbocycles. The van der Waals surface area contributed by atoms with Crippen LogP contribution in [0.3, 0.4) is 0 Å². The summed E-state index contributed by atoms with van der Waals surface area (Å²) < 4.78 is 10.6. The fourth-order valence-electron chi connectivity index (χ4n) is 2.97. The molecular weight excluding hydrogens is 302 g/mol. The van der Waals surface area contributed by atoms with E-state index in [0.29, 0.717) is 24.9 Å². The molecule has 1 amide bonds. The van der Waals surface area contributed by atoms with E-state index in [1.807, 2.05) is 29.2 Å². The van der Waals surface area contributed by atoms with Gasteiger partial charge < -0.3 is 14.1 Å². The highest BCUT2D eigenvalue weighted by Gasteiger charge is 2.19. The number of hydrogen-bond acceptors (Lipinski definition) is 3. The Bertz CT molecular complexity index is 617. The summed E-state index contributed by atoms with van der Waals surface area (Å²) in [4.78, 5) is 13.8. The third kappa shape index (κ3) is 4.88. The molecule has 0 aliphatic rings. The SMILES string of the molecule is COc1ccc([C@@H](CCN(Cc2ccco2)C(C)=O)C(C)C)cc1. The Balaban J connectivity index is 2.04. The molecule has 0 saturated heterocycles. The van der Waals surface area contributed by atoms with Gasteiger partial charge in [0, 0.05) is 13.5 Å². The van der Waals surface area contributed by atoms with Crippen LogP contribution in [0.25, 0.3) is 0 Å². The molecule has 130 valence electrons. The van der Waals surface area contributed by atoms with E-state index in [2.05, 4.69) is 26.0 Å². The van der Waals surface area contributed by atoms with Crippen LogP contribution in [-0.4, -0.2) is 24.5 Å². The predicted octanol–water partition coefficient (Wildman–Crippen LogP) is 4.47. The lowest BCUT2D eigenvalue weighted by Crippen LogP contribution is -2.30. The summed E-state index contributed by atoms with van der Waals surface area (Å²) in [5, 5.41) is 0. The molecule has 0 spiro atoms. The summed E-state index contributed by atoms with van der Waals surface area (Å²) in [6.45, 7) is 7.29. The Morgan fingerprint density at radius 2 is 1.92 bits per heavy atom. The van der Waals surface area contributed by atoms with Crippen LogP contribution in [0.1, 0.15) is 44.4 Å². The third-order valence-corrected chi connectivity index (χ3v) is 4.43. The highest BCUT2D eigenvalue weighted by molar-refractivity contribution is 5.73. The number of furan rings is 1. The standard InChI is InChI=1S/C20H27NO3/c1-15(2)20(17-7-9-18(23-4)10-8-17)11-12-21(16(3)22)14-19-6-5-13-24-19/h5-10,13,15,20H,11-12,14H2,1-4H3/t20-/m0/s1. The maximum Gasteiger partial charge on any atom is 0.219 e. The minimum Gasteiger partial charge on any atom is -0.497 e. The first-order chi connectivity index (χ1) is 11.5. The average Bonchev–Trinajstić information content (AvgIpc) is 3.07. The Morgan fingerprint density at radius 3 is 2.42 bits per heavy atom. The summed E-state index contributed by atoms with van der Waals surface area (Å²) >= 11 is 0. The maximum atomic E-state index is 11.9. The van der Waals surface area contributed by atoms with Crippen LogP contribution in [0.4, 0.5) is 0 Å². The maximum absolute atomic E-state index is 11.9. The zero-order chi connectivity index (χ0) is 17.5. The number of nitrogens with zero attached hydrogens (tertiary/aromatic N) is 1. The topological polar surface area (TPSA) is 42.7 Å². The molecule has 4 heteroatoms. The zero-order valence-corrected chi connectivity index (χ0v) is 15.0. The van der Waals surface area contributed by atoms with E-state index >= 15 is 0 Å². The number of rotatable bonds is 8. The van der Waals surface area contributed by atoms with E-state index in [9.17, 15) is 4.79 Å². The van der Waals surface area contributed by atoms with Crippen molar-refractivity contribution >= 4 is 5.91 Å². The van der Waals surface area contributed by atoms with Crippen molar-refractivity contribution in [3.8, 4) is 5.75 Å². The molecule has 0 unspecified atom stereocenters. The minimum absolute atomic E-state index is 0.0728. The van der Waals surface area contributed by atoms with Crippen molar-refractivity contribution in [2.24, 2.45) is 5.92 Å². The second kappa shape index (κ2) is 8.57. The number of carbonyl (C=O) groups excluding carboxylic acids is 1. The van der Waals surface area contributed by atoms with Crippen LogP contribution in [0.5, 0.6) is 5.75 Å². The van der Waals surface area contributed by atoms with Gasteiger partial charge in [0.15, 0.2) is 0 Å². The highest BCUT2D eigenvalue weighted by Crippen LogP contribution is 2.29. The second-order valence-electron chi connectivity index (χ2n) is 6.43. The van der Waals surface area contributed by atoms with Crippen molar-refractivity contribution in [1.82, 2.24) is 4.90 Å². The Hall–Kier alpha value is -2.23. The average molecular weight is 329 g/mol. The van der Waals surface area contributed by atoms with Gasteiger partial charge in [-0.25, -0.2) is 0 Å². The van der Waals surface area contributed by atoms with Crippen LogP contribution < -0.4 is 4.74 Å². The summed E-state index contributed by atoms with van der Waals surface area (Å²) in [5.41, 5.74) is 1.28. The van der Waals surface area contributed by atoms with E-state index < -0.39 is 0 Å². The van der Waals surface area contributed by atoms with Crippen LogP contribution >= 0.6 is 0 Å². The lowest BCUT2D eigenvalue weighted by atomic mass is 9.85. The van der Waals surface area contributed by atoms with Crippen molar-refractivity contribution in [1.29, 1.82) is 0 Å². The van der Waals surface area contributed by atoms with Gasteiger partial charge in [0.05, 0.1) is 19.9 Å². The zero-order valence-electron chi connectivity index (χ0n) is 15.0. The van der Waals surface area contributed by atoms with Crippen LogP contribution in [0.2, 0.25) is 0 Å². The molecule has 1 aromatic heterocycles. The molecule has 0 aliphatic heterocycles. The molecule has 2 aromatic rings. The van der Waals surface area contributed by atoms with E-state index in [-0.39, 0.29) is 5.91 Å². The first-order valence-electron chi connectivity index (χ1n) is 8.43. The largest absolute Gasteiger partial charge is 0.497 e. The Kier molecular flexibility index (Phi) is 6.47. The lowest BCUT2D eigenvalue weighted by molar-refractivity contribution is -0.129. The van der Waals surface area contributed by atoms with Crippen LogP contribution in [0, 0.1) is 5.92 Å². The van der Waals surface area contributed by atoms with Gasteiger partial charge in [0.2, 0.25) is 5.91 Å². The molecule has 0 N–H and O–H groups in total. The molecule has 1 atom stereocenters. The second-order valence-corrected chi connectivity index (χ2v) is 6.43. The molecular formula is C20H27NO3. The molecule has 24 heavy (non-hydrogen) atoms. The van der Waals surface area contributed by atoms with Crippen LogP contribution in [0.15, 0.2) is 47.1 Å². The number of hydrogen-bond donors (Lipinski definition) is 0. The lowest BCUT2D eigenvalue weighted by Gasteiger charge is -2.26. The first-order valence-corrected chi connectivity index (χ1v) is 8.43. The van der Waals surface area contributed by atoms with Crippen molar-refractivity contribution < 1.29 is 13.9 Å². The van der Waals surface area contributed by atoms with Gasteiger partial charge in [-0.05, 0) is 48.1 Å². The van der Waals surface area contributed by atoms with Crippen molar-refractivity contribution in [3.05, 3.63) is 54.0 Å². The molecule has 1 aromatic carbocycles. The van der Waals surface area contributed by atoms with Gasteiger partial charge in [0.25, 0.3) is 0 Å². The predicted molar refractivity (Wildman–Crippen MR) is 95.0 cm³/mol. The first kappa shape index (κ1) is 18.1. The quantitative estimate of drug-likeness (QED) is 0.718. The van der Waals surface area contributed by atoms with E-state index in [1.165, 1.54) is 5.56 Å². The fraction of sp³-hybridized carbons (Fsp3) is 0.450. The van der Waals surface area contributed by atoms with Crippen LogP contribution in [-0.2, 0) is 11.3 Å². The molecule has 4 nitrogen and oxygen atoms in total. The van der Waals surface area contributed by atoms with Crippen molar-refractivity contribution in [3.63, 3.8) is 0 Å². The van der Waals surface area contributed by atoms with Gasteiger partial charge in [0.1, 0.15) is 11.5 Å². The number of amides is 1. The third-order valence-electron chi connectivity index (χ3n) is 4.43. The monoisotopic (exact) mass is 329 g/mol. The number of benzene rings is 1. The van der Waals surface area contributed by atoms with Crippen molar-refractivity contribution in [2.75, 3.05) is 13.7 Å². The molecule has 0 radical (unpaired) electrons. The molecule has 0 aliphatic carbocycles. The molecule has 2 rings (SSSR count). The summed E-state index contributed by atoms with van der Waals surface area (Å²) in [6.07, 6.45) is 2.56. The Morgan fingerprint density at radius 1 is 1.21 bits per heavy atom. The number of carbonyl (C=O) groups is 1. The molecule has 1 heterocycles. The highest BCUT2D eigenvalue weighted by atomic mass is 16.5. The van der Waals surface area contributed by atoms with Gasteiger partial charge in [-0.1, -0.05) is 26.0 Å². The van der Waals surface area contributed by atoms with E-state index in [0.717, 1.165) is 17.9 Å². The normalized spacial score (nSPS) is 12.2. The minimum atomic E-state index is 0.0728. The summed E-state index contributed by atoms with van der Waals surface area (Å²) in [7, 11) is 1.67. The van der Waals surface area contributed by atoms with Gasteiger partial charge >= 0.3 is 0 Å². The smallest absolute Gasteiger partial charge is 0.219 e. The van der Waals surface area contributed by atoms with Gasteiger partial charge in [-0.15, -0.1) is 0 Å². The van der Waals surface area contributed by atoms with E-state index in [4.69, 9.17) is 9.15 Å². The fourth-order valence-corrected chi connectivity index (χ4v) is 2.97.